The third kappa shape index (κ3) is 36.5. The quantitative estimate of drug-likeness (QED) is 0.0287. The SMILES string of the molecule is CCCCCCCC/C=C\CCCCCCCC(=O)OC(COC(=O)CCCCCCCCCCCCCC)COP(=O)(O)OCCN(C)C. The van der Waals surface area contributed by atoms with Crippen molar-refractivity contribution in [2.75, 3.05) is 40.5 Å². The summed E-state index contributed by atoms with van der Waals surface area (Å²) in [4.78, 5) is 36.9. The molecule has 0 aliphatic rings. The molecule has 0 bridgehead atoms. The standard InChI is InChI=1S/C40H78NO8P/c1-5-7-9-11-13-15-17-19-20-21-23-25-27-29-31-33-40(43)49-38(37-48-50(44,45)47-35-34-41(3)4)36-46-39(42)32-30-28-26-24-22-18-16-14-12-10-8-6-2/h19-20,38H,5-18,21-37H2,1-4H3,(H,44,45)/b20-19-. The summed E-state index contributed by atoms with van der Waals surface area (Å²) < 4.78 is 33.4. The first kappa shape index (κ1) is 48.8. The molecule has 2 atom stereocenters. The summed E-state index contributed by atoms with van der Waals surface area (Å²) in [6, 6.07) is 0. The summed E-state index contributed by atoms with van der Waals surface area (Å²) in [6.45, 7) is 4.31. The van der Waals surface area contributed by atoms with Gasteiger partial charge < -0.3 is 19.3 Å². The Morgan fingerprint density at radius 1 is 0.600 bits per heavy atom. The topological polar surface area (TPSA) is 112 Å². The Hall–Kier alpha value is -1.25. The number of likely N-dealkylation sites (N-methyl/N-ethyl adjacent to an activating group) is 1. The summed E-state index contributed by atoms with van der Waals surface area (Å²) >= 11 is 0. The van der Waals surface area contributed by atoms with Gasteiger partial charge in [-0.05, 0) is 52.6 Å². The van der Waals surface area contributed by atoms with Gasteiger partial charge in [-0.2, -0.15) is 0 Å². The van der Waals surface area contributed by atoms with Crippen molar-refractivity contribution in [2.45, 2.75) is 193 Å². The predicted octanol–water partition coefficient (Wildman–Crippen LogP) is 11.3. The molecule has 0 rings (SSSR count). The van der Waals surface area contributed by atoms with Gasteiger partial charge in [0.05, 0.1) is 13.2 Å². The van der Waals surface area contributed by atoms with Crippen molar-refractivity contribution in [3.8, 4) is 0 Å². The van der Waals surface area contributed by atoms with Crippen LogP contribution in [-0.4, -0.2) is 68.3 Å². The number of ether oxygens (including phenoxy) is 2. The molecule has 0 aromatic rings. The molecule has 0 aromatic carbocycles. The molecule has 0 fully saturated rings. The van der Waals surface area contributed by atoms with Gasteiger partial charge in [0, 0.05) is 19.4 Å². The fourth-order valence-corrected chi connectivity index (χ4v) is 6.36. The number of rotatable bonds is 38. The average molecular weight is 732 g/mol. The van der Waals surface area contributed by atoms with E-state index < -0.39 is 26.5 Å². The van der Waals surface area contributed by atoms with Crippen molar-refractivity contribution < 1.29 is 37.6 Å². The first-order valence-electron chi connectivity index (χ1n) is 20.5. The Morgan fingerprint density at radius 3 is 1.48 bits per heavy atom. The van der Waals surface area contributed by atoms with Crippen LogP contribution >= 0.6 is 7.82 Å². The van der Waals surface area contributed by atoms with E-state index in [4.69, 9.17) is 18.5 Å². The molecule has 296 valence electrons. The second-order valence-electron chi connectivity index (χ2n) is 14.2. The van der Waals surface area contributed by atoms with Crippen LogP contribution in [0, 0.1) is 0 Å². The van der Waals surface area contributed by atoms with Crippen LogP contribution in [0.4, 0.5) is 0 Å². The van der Waals surface area contributed by atoms with Gasteiger partial charge in [0.1, 0.15) is 6.61 Å². The number of nitrogens with zero attached hydrogens (tertiary/aromatic N) is 1. The maximum absolute atomic E-state index is 12.6. The van der Waals surface area contributed by atoms with Crippen LogP contribution in [-0.2, 0) is 32.7 Å². The van der Waals surface area contributed by atoms with Gasteiger partial charge in [0.2, 0.25) is 0 Å². The molecule has 9 nitrogen and oxygen atoms in total. The van der Waals surface area contributed by atoms with Crippen molar-refractivity contribution in [2.24, 2.45) is 0 Å². The summed E-state index contributed by atoms with van der Waals surface area (Å²) in [5.41, 5.74) is 0. The number of phosphoric ester groups is 1. The van der Waals surface area contributed by atoms with Gasteiger partial charge in [-0.1, -0.05) is 148 Å². The number of carbonyl (C=O) groups excluding carboxylic acids is 2. The maximum Gasteiger partial charge on any atom is 0.472 e. The van der Waals surface area contributed by atoms with E-state index >= 15 is 0 Å². The van der Waals surface area contributed by atoms with Crippen LogP contribution in [0.1, 0.15) is 187 Å². The number of allylic oxidation sites excluding steroid dienone is 2. The molecule has 0 aliphatic carbocycles. The lowest BCUT2D eigenvalue weighted by atomic mass is 10.0. The first-order valence-corrected chi connectivity index (χ1v) is 22.0. The number of esters is 2. The van der Waals surface area contributed by atoms with E-state index in [-0.39, 0.29) is 25.6 Å². The smallest absolute Gasteiger partial charge is 0.462 e. The largest absolute Gasteiger partial charge is 0.472 e. The van der Waals surface area contributed by atoms with Gasteiger partial charge in [-0.25, -0.2) is 4.57 Å². The zero-order chi connectivity index (χ0) is 37.0. The van der Waals surface area contributed by atoms with Gasteiger partial charge in [0.15, 0.2) is 6.10 Å². The second kappa shape index (κ2) is 36.1. The molecule has 0 saturated heterocycles. The number of hydrogen-bond donors (Lipinski definition) is 1. The van der Waals surface area contributed by atoms with E-state index in [2.05, 4.69) is 26.0 Å². The lowest BCUT2D eigenvalue weighted by molar-refractivity contribution is -0.161. The molecular weight excluding hydrogens is 653 g/mol. The van der Waals surface area contributed by atoms with Crippen LogP contribution in [0.25, 0.3) is 0 Å². The minimum Gasteiger partial charge on any atom is -0.462 e. The molecule has 50 heavy (non-hydrogen) atoms. The minimum absolute atomic E-state index is 0.00868. The highest BCUT2D eigenvalue weighted by molar-refractivity contribution is 7.47. The summed E-state index contributed by atoms with van der Waals surface area (Å²) in [5, 5.41) is 0. The molecule has 0 aromatic heterocycles. The normalized spacial score (nSPS) is 13.6. The van der Waals surface area contributed by atoms with E-state index in [0.29, 0.717) is 19.4 Å². The molecule has 0 spiro atoms. The monoisotopic (exact) mass is 732 g/mol. The molecule has 2 unspecified atom stereocenters. The van der Waals surface area contributed by atoms with Crippen molar-refractivity contribution >= 4 is 19.8 Å². The number of unbranched alkanes of at least 4 members (excludes halogenated alkanes) is 22. The Kier molecular flexibility index (Phi) is 35.2. The van der Waals surface area contributed by atoms with Crippen LogP contribution in [0.3, 0.4) is 0 Å². The first-order chi connectivity index (χ1) is 24.2. The predicted molar refractivity (Wildman–Crippen MR) is 206 cm³/mol. The van der Waals surface area contributed by atoms with Gasteiger partial charge >= 0.3 is 19.8 Å². The van der Waals surface area contributed by atoms with Crippen LogP contribution in [0.2, 0.25) is 0 Å². The van der Waals surface area contributed by atoms with Crippen molar-refractivity contribution in [3.05, 3.63) is 12.2 Å². The highest BCUT2D eigenvalue weighted by Gasteiger charge is 2.26. The lowest BCUT2D eigenvalue weighted by Crippen LogP contribution is -2.29. The Labute approximate surface area is 307 Å². The Morgan fingerprint density at radius 2 is 1.02 bits per heavy atom. The molecular formula is C40H78NO8P. The maximum atomic E-state index is 12.6. The molecule has 10 heteroatoms. The van der Waals surface area contributed by atoms with Crippen molar-refractivity contribution in [1.82, 2.24) is 4.90 Å². The zero-order valence-corrected chi connectivity index (χ0v) is 33.7. The third-order valence-corrected chi connectivity index (χ3v) is 9.81. The third-order valence-electron chi connectivity index (χ3n) is 8.82. The number of phosphoric acid groups is 1. The van der Waals surface area contributed by atoms with Gasteiger partial charge in [0.25, 0.3) is 0 Å². The van der Waals surface area contributed by atoms with E-state index in [1.165, 1.54) is 103 Å². The minimum atomic E-state index is -4.35. The highest BCUT2D eigenvalue weighted by atomic mass is 31.2. The summed E-state index contributed by atoms with van der Waals surface area (Å²) in [6.07, 6.45) is 33.9. The van der Waals surface area contributed by atoms with Gasteiger partial charge in [-0.15, -0.1) is 0 Å². The lowest BCUT2D eigenvalue weighted by Gasteiger charge is -2.20. The highest BCUT2D eigenvalue weighted by Crippen LogP contribution is 2.43. The molecule has 1 N–H and O–H groups in total. The molecule has 0 amide bonds. The fourth-order valence-electron chi connectivity index (χ4n) is 5.62. The van der Waals surface area contributed by atoms with Crippen LogP contribution in [0.15, 0.2) is 12.2 Å². The summed E-state index contributed by atoms with van der Waals surface area (Å²) in [5.74, 6) is -0.806. The number of carbonyl (C=O) groups is 2. The van der Waals surface area contributed by atoms with E-state index in [1.54, 1.807) is 0 Å². The van der Waals surface area contributed by atoms with E-state index in [0.717, 1.165) is 51.4 Å². The van der Waals surface area contributed by atoms with E-state index in [1.807, 2.05) is 19.0 Å². The molecule has 0 aliphatic heterocycles. The molecule has 0 radical (unpaired) electrons. The Balaban J connectivity index is 4.32. The zero-order valence-electron chi connectivity index (χ0n) is 32.9. The van der Waals surface area contributed by atoms with Crippen molar-refractivity contribution in [1.29, 1.82) is 0 Å². The average Bonchev–Trinajstić information content (AvgIpc) is 3.08. The fraction of sp³-hybridized carbons (Fsp3) is 0.900. The van der Waals surface area contributed by atoms with Crippen LogP contribution in [0.5, 0.6) is 0 Å². The van der Waals surface area contributed by atoms with E-state index in [9.17, 15) is 19.0 Å². The Bertz CT molecular complexity index is 853. The van der Waals surface area contributed by atoms with Crippen molar-refractivity contribution in [3.63, 3.8) is 0 Å². The summed E-state index contributed by atoms with van der Waals surface area (Å²) in [7, 11) is -0.707. The molecule has 0 saturated carbocycles. The second-order valence-corrected chi connectivity index (χ2v) is 15.6. The van der Waals surface area contributed by atoms with Gasteiger partial charge in [-0.3, -0.25) is 18.6 Å². The molecule has 0 heterocycles. The number of hydrogen-bond acceptors (Lipinski definition) is 8. The van der Waals surface area contributed by atoms with Crippen LogP contribution < -0.4 is 0 Å².